The molecule has 0 aliphatic rings. The van der Waals surface area contributed by atoms with Crippen molar-refractivity contribution in [1.82, 2.24) is 0 Å². The predicted molar refractivity (Wildman–Crippen MR) is 59.9 cm³/mol. The van der Waals surface area contributed by atoms with Gasteiger partial charge in [-0.05, 0) is 24.9 Å². The van der Waals surface area contributed by atoms with Crippen molar-refractivity contribution in [3.05, 3.63) is 0 Å². The van der Waals surface area contributed by atoms with Crippen LogP contribution < -0.4 is 0 Å². The van der Waals surface area contributed by atoms with E-state index >= 15 is 0 Å². The van der Waals surface area contributed by atoms with E-state index in [0.29, 0.717) is 13.0 Å². The number of hydrogen-bond donors (Lipinski definition) is 1. The second-order valence-corrected chi connectivity index (χ2v) is 4.17. The highest BCUT2D eigenvalue weighted by molar-refractivity contribution is 7.98. The van der Waals surface area contributed by atoms with Gasteiger partial charge in [0.05, 0.1) is 0 Å². The van der Waals surface area contributed by atoms with Crippen molar-refractivity contribution in [3.8, 4) is 0 Å². The molecule has 3 nitrogen and oxygen atoms in total. The fraction of sp³-hybridized carbons (Fsp3) is 0.900. The first-order valence-corrected chi connectivity index (χ1v) is 6.45. The lowest BCUT2D eigenvalue weighted by molar-refractivity contribution is -0.150. The Balaban J connectivity index is 3.57. The van der Waals surface area contributed by atoms with Gasteiger partial charge in [-0.1, -0.05) is 19.8 Å². The molecule has 0 aromatic rings. The minimum Gasteiger partial charge on any atom is -0.479 e. The normalized spacial score (nSPS) is 12.7. The van der Waals surface area contributed by atoms with Crippen molar-refractivity contribution in [2.45, 2.75) is 38.7 Å². The van der Waals surface area contributed by atoms with E-state index in [-0.39, 0.29) is 0 Å². The summed E-state index contributed by atoms with van der Waals surface area (Å²) in [5, 5.41) is 8.82. The highest BCUT2D eigenvalue weighted by atomic mass is 32.2. The average Bonchev–Trinajstić information content (AvgIpc) is 2.16. The molecular formula is C10H20O3S. The van der Waals surface area contributed by atoms with Gasteiger partial charge in [0.2, 0.25) is 0 Å². The summed E-state index contributed by atoms with van der Waals surface area (Å²) >= 11 is 1.65. The lowest BCUT2D eigenvalue weighted by Gasteiger charge is -2.12. The van der Waals surface area contributed by atoms with Crippen LogP contribution in [-0.2, 0) is 9.53 Å². The second-order valence-electron chi connectivity index (χ2n) is 3.19. The zero-order chi connectivity index (χ0) is 10.8. The summed E-state index contributed by atoms with van der Waals surface area (Å²) in [5.74, 6) is 0.000585. The number of aliphatic carboxylic acids is 1. The van der Waals surface area contributed by atoms with Crippen LogP contribution in [0.25, 0.3) is 0 Å². The molecule has 0 fully saturated rings. The van der Waals surface area contributed by atoms with Crippen LogP contribution in [0.5, 0.6) is 0 Å². The van der Waals surface area contributed by atoms with Gasteiger partial charge >= 0.3 is 5.97 Å². The third kappa shape index (κ3) is 7.21. The number of rotatable bonds is 9. The van der Waals surface area contributed by atoms with Crippen molar-refractivity contribution in [2.75, 3.05) is 18.6 Å². The van der Waals surface area contributed by atoms with Crippen LogP contribution in [0.15, 0.2) is 0 Å². The van der Waals surface area contributed by atoms with Crippen LogP contribution in [0.2, 0.25) is 0 Å². The van der Waals surface area contributed by atoms with Crippen LogP contribution in [0.4, 0.5) is 0 Å². The number of hydrogen-bond acceptors (Lipinski definition) is 3. The number of carboxylic acids is 1. The zero-order valence-corrected chi connectivity index (χ0v) is 9.81. The van der Waals surface area contributed by atoms with Crippen LogP contribution in [0.3, 0.4) is 0 Å². The molecule has 1 unspecified atom stereocenters. The molecule has 0 saturated heterocycles. The fourth-order valence-corrected chi connectivity index (χ4v) is 1.53. The third-order valence-corrected chi connectivity index (χ3v) is 2.57. The molecule has 0 saturated carbocycles. The van der Waals surface area contributed by atoms with Gasteiger partial charge < -0.3 is 9.84 Å². The van der Waals surface area contributed by atoms with Crippen molar-refractivity contribution in [1.29, 1.82) is 0 Å². The summed E-state index contributed by atoms with van der Waals surface area (Å²) in [7, 11) is 0. The lowest BCUT2D eigenvalue weighted by Crippen LogP contribution is -2.25. The van der Waals surface area contributed by atoms with Crippen molar-refractivity contribution < 1.29 is 14.6 Å². The molecule has 1 N–H and O–H groups in total. The smallest absolute Gasteiger partial charge is 0.332 e. The Bertz CT molecular complexity index is 150. The summed E-state index contributed by atoms with van der Waals surface area (Å²) in [6.45, 7) is 2.68. The Labute approximate surface area is 90.2 Å². The maximum Gasteiger partial charge on any atom is 0.332 e. The van der Waals surface area contributed by atoms with E-state index in [4.69, 9.17) is 9.84 Å². The first-order valence-electron chi connectivity index (χ1n) is 5.05. The SMILES string of the molecule is CCCCCOC(CCSC)C(=O)O. The van der Waals surface area contributed by atoms with E-state index in [9.17, 15) is 4.79 Å². The van der Waals surface area contributed by atoms with Gasteiger partial charge in [-0.25, -0.2) is 4.79 Å². The van der Waals surface area contributed by atoms with E-state index in [1.54, 1.807) is 11.8 Å². The third-order valence-electron chi connectivity index (χ3n) is 1.93. The quantitative estimate of drug-likeness (QED) is 0.606. The van der Waals surface area contributed by atoms with E-state index in [1.165, 1.54) is 0 Å². The molecule has 0 aliphatic carbocycles. The summed E-state index contributed by atoms with van der Waals surface area (Å²) in [6.07, 6.45) is 5.15. The maximum atomic E-state index is 10.7. The molecule has 1 atom stereocenters. The molecule has 0 aromatic heterocycles. The molecule has 0 amide bonds. The Morgan fingerprint density at radius 1 is 1.50 bits per heavy atom. The topological polar surface area (TPSA) is 46.5 Å². The van der Waals surface area contributed by atoms with Gasteiger partial charge in [0, 0.05) is 6.61 Å². The van der Waals surface area contributed by atoms with Crippen molar-refractivity contribution in [2.24, 2.45) is 0 Å². The van der Waals surface area contributed by atoms with Crippen LogP contribution in [-0.4, -0.2) is 35.8 Å². The minimum atomic E-state index is -0.837. The highest BCUT2D eigenvalue weighted by Gasteiger charge is 2.16. The average molecular weight is 220 g/mol. The highest BCUT2D eigenvalue weighted by Crippen LogP contribution is 2.06. The summed E-state index contributed by atoms with van der Waals surface area (Å²) < 4.78 is 5.29. The van der Waals surface area contributed by atoms with Gasteiger partial charge in [-0.3, -0.25) is 0 Å². The van der Waals surface area contributed by atoms with Gasteiger partial charge in [-0.2, -0.15) is 11.8 Å². The Kier molecular flexibility index (Phi) is 9.19. The first-order chi connectivity index (χ1) is 6.72. The van der Waals surface area contributed by atoms with Gasteiger partial charge in [0.15, 0.2) is 6.10 Å². The van der Waals surface area contributed by atoms with Gasteiger partial charge in [-0.15, -0.1) is 0 Å². The largest absolute Gasteiger partial charge is 0.479 e. The summed E-state index contributed by atoms with van der Waals surface area (Å²) in [6, 6.07) is 0. The van der Waals surface area contributed by atoms with Crippen molar-refractivity contribution in [3.63, 3.8) is 0 Å². The molecular weight excluding hydrogens is 200 g/mol. The Hall–Kier alpha value is -0.220. The fourth-order valence-electron chi connectivity index (χ4n) is 1.08. The van der Waals surface area contributed by atoms with E-state index < -0.39 is 12.1 Å². The van der Waals surface area contributed by atoms with Gasteiger partial charge in [0.25, 0.3) is 0 Å². The van der Waals surface area contributed by atoms with E-state index in [2.05, 4.69) is 6.92 Å². The molecule has 0 radical (unpaired) electrons. The molecule has 4 heteroatoms. The molecule has 0 bridgehead atoms. The zero-order valence-electron chi connectivity index (χ0n) is 8.99. The monoisotopic (exact) mass is 220 g/mol. The molecule has 84 valence electrons. The second kappa shape index (κ2) is 9.34. The predicted octanol–water partition coefficient (Wildman–Crippen LogP) is 2.40. The van der Waals surface area contributed by atoms with Crippen LogP contribution in [0, 0.1) is 0 Å². The summed E-state index contributed by atoms with van der Waals surface area (Å²) in [4.78, 5) is 10.7. The standard InChI is InChI=1S/C10H20O3S/c1-3-4-5-7-13-9(10(11)12)6-8-14-2/h9H,3-8H2,1-2H3,(H,11,12). The van der Waals surface area contributed by atoms with Gasteiger partial charge in [0.1, 0.15) is 0 Å². The van der Waals surface area contributed by atoms with Crippen molar-refractivity contribution >= 4 is 17.7 Å². The minimum absolute atomic E-state index is 0.569. The first kappa shape index (κ1) is 13.8. The number of thioether (sulfide) groups is 1. The number of ether oxygens (including phenoxy) is 1. The van der Waals surface area contributed by atoms with Crippen LogP contribution >= 0.6 is 11.8 Å². The molecule has 0 heterocycles. The summed E-state index contributed by atoms with van der Waals surface area (Å²) in [5.41, 5.74) is 0. The number of carbonyl (C=O) groups is 1. The van der Waals surface area contributed by atoms with Crippen LogP contribution in [0.1, 0.15) is 32.6 Å². The molecule has 0 aromatic carbocycles. The molecule has 0 rings (SSSR count). The van der Waals surface area contributed by atoms with E-state index in [0.717, 1.165) is 25.0 Å². The molecule has 0 aliphatic heterocycles. The molecule has 0 spiro atoms. The Morgan fingerprint density at radius 3 is 2.71 bits per heavy atom. The van der Waals surface area contributed by atoms with E-state index in [1.807, 2.05) is 6.26 Å². The molecule has 14 heavy (non-hydrogen) atoms. The maximum absolute atomic E-state index is 10.7. The number of carboxylic acid groups (broad SMARTS) is 1. The Morgan fingerprint density at radius 2 is 2.21 bits per heavy atom. The lowest BCUT2D eigenvalue weighted by atomic mass is 10.2. The number of unbranched alkanes of at least 4 members (excludes halogenated alkanes) is 2.